The van der Waals surface area contributed by atoms with Crippen LogP contribution in [0.1, 0.15) is 20.8 Å². The third kappa shape index (κ3) is 4.08. The average molecular weight is 351 g/mol. The molecule has 2 heterocycles. The second kappa shape index (κ2) is 7.25. The van der Waals surface area contributed by atoms with E-state index in [4.69, 9.17) is 15.2 Å². The quantitative estimate of drug-likeness (QED) is 0.555. The minimum atomic E-state index is -0.500. The topological polar surface area (TPSA) is 68.0 Å². The van der Waals surface area contributed by atoms with Crippen LogP contribution in [0.25, 0.3) is 0 Å². The molecule has 132 valence electrons. The lowest BCUT2D eigenvalue weighted by Gasteiger charge is -2.39. The molecule has 0 bridgehead atoms. The van der Waals surface area contributed by atoms with Gasteiger partial charge in [-0.2, -0.15) is 12.6 Å². The van der Waals surface area contributed by atoms with Crippen molar-refractivity contribution >= 4 is 30.1 Å². The third-order valence-corrected chi connectivity index (χ3v) is 3.49. The summed E-state index contributed by atoms with van der Waals surface area (Å²) >= 11 is 3.53. The highest BCUT2D eigenvalue weighted by atomic mass is 32.1. The van der Waals surface area contributed by atoms with Crippen molar-refractivity contribution in [3.8, 4) is 5.75 Å². The summed E-state index contributed by atoms with van der Waals surface area (Å²) in [5, 5.41) is 0. The van der Waals surface area contributed by atoms with Gasteiger partial charge in [-0.05, 0) is 39.2 Å². The maximum absolute atomic E-state index is 12.2. The van der Waals surface area contributed by atoms with E-state index in [0.717, 1.165) is 17.1 Å². The third-order valence-electron chi connectivity index (χ3n) is 3.49. The summed E-state index contributed by atoms with van der Waals surface area (Å²) in [6.07, 6.45) is 3.17. The lowest BCUT2D eigenvalue weighted by molar-refractivity contribution is 0.0329. The Kier molecular flexibility index (Phi) is 5.54. The molecule has 0 aromatic heterocycles. The second-order valence-corrected chi connectivity index (χ2v) is 6.46. The number of amides is 1. The van der Waals surface area contributed by atoms with Gasteiger partial charge < -0.3 is 20.1 Å². The fourth-order valence-corrected chi connectivity index (χ4v) is 2.54. The maximum atomic E-state index is 12.2. The predicted octanol–water partition coefficient (Wildman–Crippen LogP) is 3.11. The highest BCUT2D eigenvalue weighted by molar-refractivity contribution is 7.79. The van der Waals surface area contributed by atoms with E-state index in [1.54, 1.807) is 17.4 Å². The summed E-state index contributed by atoms with van der Waals surface area (Å²) in [5.41, 5.74) is 7.89. The molecule has 0 spiro atoms. The molecule has 24 heavy (non-hydrogen) atoms. The number of carbonyl (C=O) groups is 1. The minimum Gasteiger partial charge on any atom is -0.485 e. The highest BCUT2D eigenvalue weighted by Gasteiger charge is 2.30. The van der Waals surface area contributed by atoms with Gasteiger partial charge in [0.1, 0.15) is 18.0 Å². The number of nitrogen functional groups attached to an aromatic ring is 1. The van der Waals surface area contributed by atoms with Crippen molar-refractivity contribution in [1.29, 1.82) is 0 Å². The molecule has 2 aliphatic rings. The van der Waals surface area contributed by atoms with Gasteiger partial charge in [-0.1, -0.05) is 0 Å². The minimum absolute atomic E-state index is 0.331. The van der Waals surface area contributed by atoms with Crippen LogP contribution in [0.2, 0.25) is 0 Å². The first-order valence-electron chi connectivity index (χ1n) is 7.78. The number of nitrogens with two attached hydrogens (primary N) is 1. The number of fused-ring (bicyclic) bond motifs is 3. The van der Waals surface area contributed by atoms with Gasteiger partial charge in [-0.3, -0.25) is 4.90 Å². The molecule has 6 nitrogen and oxygen atoms in total. The largest absolute Gasteiger partial charge is 0.485 e. The average Bonchev–Trinajstić information content (AvgIpc) is 2.54. The molecule has 0 saturated carbocycles. The Morgan fingerprint density at radius 1 is 1.29 bits per heavy atom. The van der Waals surface area contributed by atoms with Crippen LogP contribution in [0.15, 0.2) is 30.1 Å². The van der Waals surface area contributed by atoms with Gasteiger partial charge >= 0.3 is 6.09 Å². The van der Waals surface area contributed by atoms with Gasteiger partial charge in [0.15, 0.2) is 0 Å². The zero-order valence-corrected chi connectivity index (χ0v) is 15.5. The van der Waals surface area contributed by atoms with Crippen LogP contribution in [-0.4, -0.2) is 42.5 Å². The summed E-state index contributed by atoms with van der Waals surface area (Å²) < 4.78 is 11.1. The SMILES string of the molecule is CC(C)(C)OC(=O)N1C=C2COc3cc(N)ccc3N2CC1.CS. The number of rotatable bonds is 0. The summed E-state index contributed by atoms with van der Waals surface area (Å²) in [7, 11) is 0. The monoisotopic (exact) mass is 351 g/mol. The molecule has 0 atom stereocenters. The summed E-state index contributed by atoms with van der Waals surface area (Å²) in [5.74, 6) is 0.780. The van der Waals surface area contributed by atoms with Crippen LogP contribution in [0, 0.1) is 0 Å². The molecule has 2 aliphatic heterocycles. The molecule has 1 aromatic carbocycles. The van der Waals surface area contributed by atoms with Crippen LogP contribution >= 0.6 is 12.6 Å². The van der Waals surface area contributed by atoms with Gasteiger partial charge in [0.2, 0.25) is 0 Å². The Labute approximate surface area is 148 Å². The maximum Gasteiger partial charge on any atom is 0.414 e. The van der Waals surface area contributed by atoms with Crippen LogP contribution < -0.4 is 15.4 Å². The van der Waals surface area contributed by atoms with Gasteiger partial charge in [0.05, 0.1) is 11.4 Å². The van der Waals surface area contributed by atoms with Crippen molar-refractivity contribution in [2.24, 2.45) is 0 Å². The van der Waals surface area contributed by atoms with Crippen LogP contribution in [0.5, 0.6) is 5.75 Å². The summed E-state index contributed by atoms with van der Waals surface area (Å²) in [6, 6.07) is 5.62. The number of benzene rings is 1. The molecule has 1 aromatic rings. The van der Waals surface area contributed by atoms with E-state index < -0.39 is 5.60 Å². The van der Waals surface area contributed by atoms with Crippen molar-refractivity contribution in [3.63, 3.8) is 0 Å². The first-order valence-corrected chi connectivity index (χ1v) is 8.68. The Morgan fingerprint density at radius 2 is 2.00 bits per heavy atom. The van der Waals surface area contributed by atoms with E-state index in [1.807, 2.05) is 39.0 Å². The fourth-order valence-electron chi connectivity index (χ4n) is 2.54. The Hall–Kier alpha value is -2.02. The lowest BCUT2D eigenvalue weighted by atomic mass is 10.1. The number of thiol groups is 1. The number of nitrogens with zero attached hydrogens (tertiary/aromatic N) is 2. The van der Waals surface area contributed by atoms with E-state index in [9.17, 15) is 4.79 Å². The molecule has 3 rings (SSSR count). The smallest absolute Gasteiger partial charge is 0.414 e. The molecule has 2 N–H and O–H groups in total. The highest BCUT2D eigenvalue weighted by Crippen LogP contribution is 2.37. The van der Waals surface area contributed by atoms with E-state index >= 15 is 0 Å². The van der Waals surface area contributed by atoms with Gasteiger partial charge in [0, 0.05) is 31.0 Å². The van der Waals surface area contributed by atoms with Gasteiger partial charge in [-0.25, -0.2) is 4.79 Å². The molecule has 7 heteroatoms. The Balaban J connectivity index is 0.00000100. The summed E-state index contributed by atoms with van der Waals surface area (Å²) in [6.45, 7) is 7.26. The molecule has 1 amide bonds. The molecule has 0 aliphatic carbocycles. The zero-order chi connectivity index (χ0) is 17.9. The molecule has 0 saturated heterocycles. The normalized spacial score (nSPS) is 16.0. The van der Waals surface area contributed by atoms with Crippen molar-refractivity contribution in [3.05, 3.63) is 30.1 Å². The molecular weight excluding hydrogens is 326 g/mol. The first-order chi connectivity index (χ1) is 11.3. The van der Waals surface area contributed by atoms with E-state index in [0.29, 0.717) is 25.4 Å². The van der Waals surface area contributed by atoms with E-state index in [2.05, 4.69) is 17.5 Å². The molecule has 0 unspecified atom stereocenters. The Morgan fingerprint density at radius 3 is 2.67 bits per heavy atom. The second-order valence-electron chi connectivity index (χ2n) is 6.46. The van der Waals surface area contributed by atoms with E-state index in [1.165, 1.54) is 0 Å². The van der Waals surface area contributed by atoms with Gasteiger partial charge in [-0.15, -0.1) is 0 Å². The van der Waals surface area contributed by atoms with Crippen LogP contribution in [0.4, 0.5) is 16.2 Å². The zero-order valence-electron chi connectivity index (χ0n) is 14.6. The van der Waals surface area contributed by atoms with Crippen molar-refractivity contribution in [1.82, 2.24) is 4.90 Å². The summed E-state index contributed by atoms with van der Waals surface area (Å²) in [4.78, 5) is 15.9. The van der Waals surface area contributed by atoms with Crippen molar-refractivity contribution in [2.75, 3.05) is 36.6 Å². The number of hydrogen-bond donors (Lipinski definition) is 2. The standard InChI is InChI=1S/C16H21N3O3.CH4S/c1-16(2,3)22-15(20)18-6-7-19-12(9-18)10-21-14-8-11(17)4-5-13(14)19;1-2/h4-5,8-9H,6-7,10,17H2,1-3H3;2H,1H3. The number of carbonyl (C=O) groups excluding carboxylic acids is 1. The van der Waals surface area contributed by atoms with Crippen molar-refractivity contribution in [2.45, 2.75) is 26.4 Å². The fraction of sp³-hybridized carbons (Fsp3) is 0.471. The molecular formula is C17H25N3O3S. The van der Waals surface area contributed by atoms with E-state index in [-0.39, 0.29) is 6.09 Å². The Bertz CT molecular complexity index is 640. The van der Waals surface area contributed by atoms with Crippen LogP contribution in [0.3, 0.4) is 0 Å². The molecule has 0 radical (unpaired) electrons. The number of ether oxygens (including phenoxy) is 2. The number of hydrogen-bond acceptors (Lipinski definition) is 6. The van der Waals surface area contributed by atoms with Crippen molar-refractivity contribution < 1.29 is 14.3 Å². The number of anilines is 2. The molecule has 0 fully saturated rings. The lowest BCUT2D eigenvalue weighted by Crippen LogP contribution is -2.45. The van der Waals surface area contributed by atoms with Crippen LogP contribution in [-0.2, 0) is 4.74 Å². The predicted molar refractivity (Wildman–Crippen MR) is 99.6 cm³/mol. The van der Waals surface area contributed by atoms with Gasteiger partial charge in [0.25, 0.3) is 0 Å². The first kappa shape index (κ1) is 18.3.